The molecular weight excluding hydrogens is 402 g/mol. The summed E-state index contributed by atoms with van der Waals surface area (Å²) in [6.45, 7) is 3.26. The van der Waals surface area contributed by atoms with Crippen LogP contribution in [0.25, 0.3) is 0 Å². The molecule has 1 amide bonds. The Morgan fingerprint density at radius 2 is 2.07 bits per heavy atom. The van der Waals surface area contributed by atoms with Crippen molar-refractivity contribution in [3.8, 4) is 0 Å². The summed E-state index contributed by atoms with van der Waals surface area (Å²) in [5, 5.41) is 13.0. The number of halogens is 1. The van der Waals surface area contributed by atoms with Crippen molar-refractivity contribution in [2.75, 3.05) is 36.8 Å². The fourth-order valence-corrected chi connectivity index (χ4v) is 3.78. The molecular formula is C17H18ClN7O2S. The van der Waals surface area contributed by atoms with Crippen molar-refractivity contribution in [1.29, 1.82) is 0 Å². The monoisotopic (exact) mass is 419 g/mol. The first-order valence-electron chi connectivity index (χ1n) is 8.73. The third-order valence-electron chi connectivity index (χ3n) is 4.34. The van der Waals surface area contributed by atoms with Gasteiger partial charge in [0.15, 0.2) is 0 Å². The molecule has 0 atom stereocenters. The highest BCUT2D eigenvalue weighted by molar-refractivity contribution is 7.99. The Balaban J connectivity index is 1.24. The zero-order chi connectivity index (χ0) is 19.3. The number of hydrogen-bond donors (Lipinski definition) is 0. The second kappa shape index (κ2) is 8.61. The molecule has 1 aliphatic heterocycles. The second-order valence-electron chi connectivity index (χ2n) is 6.19. The van der Waals surface area contributed by atoms with Crippen LogP contribution in [0.5, 0.6) is 0 Å². The Morgan fingerprint density at radius 3 is 2.82 bits per heavy atom. The van der Waals surface area contributed by atoms with Crippen molar-refractivity contribution in [1.82, 2.24) is 29.9 Å². The van der Waals surface area contributed by atoms with E-state index in [-0.39, 0.29) is 11.7 Å². The molecule has 9 nitrogen and oxygen atoms in total. The van der Waals surface area contributed by atoms with Crippen molar-refractivity contribution in [3.05, 3.63) is 47.8 Å². The summed E-state index contributed by atoms with van der Waals surface area (Å²) in [6.07, 6.45) is 3.01. The van der Waals surface area contributed by atoms with E-state index >= 15 is 0 Å². The Kier molecular flexibility index (Phi) is 5.77. The lowest BCUT2D eigenvalue weighted by Gasteiger charge is -2.36. The highest BCUT2D eigenvalue weighted by atomic mass is 35.5. The molecule has 0 unspecified atom stereocenters. The number of hydrogen-bond acceptors (Lipinski definition) is 8. The summed E-state index contributed by atoms with van der Waals surface area (Å²) in [6, 6.07) is 7.78. The van der Waals surface area contributed by atoms with Crippen LogP contribution in [-0.2, 0) is 11.3 Å². The van der Waals surface area contributed by atoms with Crippen LogP contribution >= 0.6 is 23.4 Å². The molecule has 3 heterocycles. The average molecular weight is 420 g/mol. The summed E-state index contributed by atoms with van der Waals surface area (Å²) in [7, 11) is 0. The standard InChI is InChI=1S/C17H18ClN7O2S/c18-13-2-1-3-14(8-13)23-4-6-24(7-5-23)16(26)10-28-17-22-21-15(27-17)9-25-12-19-11-20-25/h1-3,8,11-12H,4-7,9-10H2. The normalized spacial score (nSPS) is 14.5. The Bertz CT molecular complexity index is 925. The molecule has 11 heteroatoms. The van der Waals surface area contributed by atoms with Crippen LogP contribution in [0.15, 0.2) is 46.6 Å². The molecule has 146 valence electrons. The number of benzene rings is 1. The van der Waals surface area contributed by atoms with Gasteiger partial charge in [-0.15, -0.1) is 10.2 Å². The van der Waals surface area contributed by atoms with Gasteiger partial charge in [-0.05, 0) is 18.2 Å². The summed E-state index contributed by atoms with van der Waals surface area (Å²) in [5.74, 6) is 0.754. The third kappa shape index (κ3) is 4.63. The highest BCUT2D eigenvalue weighted by Gasteiger charge is 2.22. The first-order valence-corrected chi connectivity index (χ1v) is 10.1. The number of piperazine rings is 1. The maximum absolute atomic E-state index is 12.5. The molecule has 4 rings (SSSR count). The van der Waals surface area contributed by atoms with Crippen LogP contribution in [0.1, 0.15) is 5.89 Å². The Labute approximate surface area is 170 Å². The van der Waals surface area contributed by atoms with E-state index in [1.165, 1.54) is 18.1 Å². The molecule has 1 fully saturated rings. The second-order valence-corrected chi connectivity index (χ2v) is 7.55. The topological polar surface area (TPSA) is 93.2 Å². The van der Waals surface area contributed by atoms with Crippen LogP contribution in [0.2, 0.25) is 5.02 Å². The maximum Gasteiger partial charge on any atom is 0.277 e. The maximum atomic E-state index is 12.5. The molecule has 3 aromatic rings. The summed E-state index contributed by atoms with van der Waals surface area (Å²) in [5.41, 5.74) is 1.08. The van der Waals surface area contributed by atoms with Crippen molar-refractivity contribution < 1.29 is 9.21 Å². The molecule has 0 radical (unpaired) electrons. The van der Waals surface area contributed by atoms with Gasteiger partial charge in [-0.3, -0.25) is 4.79 Å². The number of thioether (sulfide) groups is 1. The summed E-state index contributed by atoms with van der Waals surface area (Å²) < 4.78 is 7.13. The first-order chi connectivity index (χ1) is 13.7. The van der Waals surface area contributed by atoms with Gasteiger partial charge >= 0.3 is 0 Å². The van der Waals surface area contributed by atoms with Gasteiger partial charge < -0.3 is 14.2 Å². The number of anilines is 1. The van der Waals surface area contributed by atoms with Gasteiger partial charge in [-0.2, -0.15) is 5.10 Å². The van der Waals surface area contributed by atoms with Crippen LogP contribution in [0.4, 0.5) is 5.69 Å². The SMILES string of the molecule is O=C(CSc1nnc(Cn2cncn2)o1)N1CCN(c2cccc(Cl)c2)CC1. The van der Waals surface area contributed by atoms with Gasteiger partial charge in [0.1, 0.15) is 19.2 Å². The lowest BCUT2D eigenvalue weighted by molar-refractivity contribution is -0.128. The first kappa shape index (κ1) is 18.8. The molecule has 1 aliphatic rings. The number of carbonyl (C=O) groups excluding carboxylic acids is 1. The molecule has 0 aliphatic carbocycles. The van der Waals surface area contributed by atoms with Crippen molar-refractivity contribution in [3.63, 3.8) is 0 Å². The minimum atomic E-state index is 0.0618. The minimum absolute atomic E-state index is 0.0618. The quantitative estimate of drug-likeness (QED) is 0.558. The number of nitrogens with zero attached hydrogens (tertiary/aromatic N) is 7. The van der Waals surface area contributed by atoms with E-state index in [4.69, 9.17) is 16.0 Å². The fourth-order valence-electron chi connectivity index (χ4n) is 2.92. The highest BCUT2D eigenvalue weighted by Crippen LogP contribution is 2.22. The molecule has 0 saturated carbocycles. The zero-order valence-corrected chi connectivity index (χ0v) is 16.5. The van der Waals surface area contributed by atoms with E-state index in [1.54, 1.807) is 11.0 Å². The number of aromatic nitrogens is 5. The van der Waals surface area contributed by atoms with E-state index in [0.717, 1.165) is 23.8 Å². The smallest absolute Gasteiger partial charge is 0.277 e. The Hall–Kier alpha value is -2.59. The summed E-state index contributed by atoms with van der Waals surface area (Å²) >= 11 is 7.31. The van der Waals surface area contributed by atoms with E-state index in [2.05, 4.69) is 25.2 Å². The number of amides is 1. The van der Waals surface area contributed by atoms with Crippen LogP contribution in [-0.4, -0.2) is 67.7 Å². The van der Waals surface area contributed by atoms with Gasteiger partial charge in [0.25, 0.3) is 5.22 Å². The molecule has 2 aromatic heterocycles. The lowest BCUT2D eigenvalue weighted by atomic mass is 10.2. The fraction of sp³-hybridized carbons (Fsp3) is 0.353. The van der Waals surface area contributed by atoms with Gasteiger partial charge in [-0.25, -0.2) is 9.67 Å². The average Bonchev–Trinajstić information content (AvgIpc) is 3.39. The number of rotatable bonds is 6. The molecule has 1 aromatic carbocycles. The Morgan fingerprint density at radius 1 is 1.21 bits per heavy atom. The van der Waals surface area contributed by atoms with Gasteiger partial charge in [-0.1, -0.05) is 29.4 Å². The van der Waals surface area contributed by atoms with Gasteiger partial charge in [0.05, 0.1) is 5.75 Å². The van der Waals surface area contributed by atoms with Crippen LogP contribution < -0.4 is 4.90 Å². The molecule has 28 heavy (non-hydrogen) atoms. The van der Waals surface area contributed by atoms with E-state index in [0.29, 0.717) is 30.7 Å². The van der Waals surface area contributed by atoms with Crippen molar-refractivity contribution >= 4 is 35.0 Å². The van der Waals surface area contributed by atoms with Crippen molar-refractivity contribution in [2.24, 2.45) is 0 Å². The minimum Gasteiger partial charge on any atom is -0.414 e. The van der Waals surface area contributed by atoms with Crippen LogP contribution in [0.3, 0.4) is 0 Å². The molecule has 0 N–H and O–H groups in total. The van der Waals surface area contributed by atoms with Gasteiger partial charge in [0, 0.05) is 36.9 Å². The molecule has 1 saturated heterocycles. The summed E-state index contributed by atoms with van der Waals surface area (Å²) in [4.78, 5) is 20.4. The molecule has 0 bridgehead atoms. The largest absolute Gasteiger partial charge is 0.414 e. The van der Waals surface area contributed by atoms with Crippen molar-refractivity contribution in [2.45, 2.75) is 11.8 Å². The van der Waals surface area contributed by atoms with E-state index in [9.17, 15) is 4.79 Å². The predicted molar refractivity (Wildman–Crippen MR) is 104 cm³/mol. The number of carbonyl (C=O) groups is 1. The van der Waals surface area contributed by atoms with Gasteiger partial charge in [0.2, 0.25) is 11.8 Å². The lowest BCUT2D eigenvalue weighted by Crippen LogP contribution is -2.49. The predicted octanol–water partition coefficient (Wildman–Crippen LogP) is 1.80. The molecule has 0 spiro atoms. The third-order valence-corrected chi connectivity index (χ3v) is 5.38. The van der Waals surface area contributed by atoms with E-state index < -0.39 is 0 Å². The van der Waals surface area contributed by atoms with Crippen LogP contribution in [0, 0.1) is 0 Å². The van der Waals surface area contributed by atoms with E-state index in [1.807, 2.05) is 29.2 Å². The zero-order valence-electron chi connectivity index (χ0n) is 14.9.